The van der Waals surface area contributed by atoms with Gasteiger partial charge >= 0.3 is 12.1 Å². The van der Waals surface area contributed by atoms with Crippen LogP contribution < -0.4 is 4.74 Å². The number of nitro groups is 1. The topological polar surface area (TPSA) is 229 Å². The normalized spacial score (nSPS) is 23.6. The zero-order valence-corrected chi connectivity index (χ0v) is 19.1. The minimum Gasteiger partial charge on any atom is -0.457 e. The van der Waals surface area contributed by atoms with E-state index in [1.807, 2.05) is 0 Å². The van der Waals surface area contributed by atoms with Gasteiger partial charge in [0.1, 0.15) is 30.7 Å². The van der Waals surface area contributed by atoms with E-state index < -0.39 is 65.0 Å². The van der Waals surface area contributed by atoms with Crippen LogP contribution in [0, 0.1) is 10.1 Å². The number of carbonyl (C=O) groups excluding carboxylic acids is 2. The van der Waals surface area contributed by atoms with Crippen molar-refractivity contribution in [3.05, 3.63) is 34.4 Å². The minimum absolute atomic E-state index is 0.00920. The quantitative estimate of drug-likeness (QED) is 0.118. The van der Waals surface area contributed by atoms with Crippen LogP contribution in [-0.4, -0.2) is 99.0 Å². The summed E-state index contributed by atoms with van der Waals surface area (Å²) in [6.45, 7) is -0.518. The van der Waals surface area contributed by atoms with Crippen LogP contribution in [0.4, 0.5) is 10.5 Å². The summed E-state index contributed by atoms with van der Waals surface area (Å²) in [6, 6.07) is 4.83. The lowest BCUT2D eigenvalue weighted by Crippen LogP contribution is -2.36. The number of nitrogens with zero attached hydrogens (tertiary/aromatic N) is 3. The lowest BCUT2D eigenvalue weighted by Gasteiger charge is -2.19. The first-order valence-corrected chi connectivity index (χ1v) is 10.8. The van der Waals surface area contributed by atoms with Gasteiger partial charge in [0.05, 0.1) is 28.9 Å². The van der Waals surface area contributed by atoms with Crippen molar-refractivity contribution in [3.8, 4) is 5.75 Å². The van der Waals surface area contributed by atoms with Crippen LogP contribution in [0.5, 0.6) is 5.75 Å². The van der Waals surface area contributed by atoms with Gasteiger partial charge in [0.2, 0.25) is 0 Å². The molecule has 1 aromatic rings. The molecule has 0 bridgehead atoms. The Kier molecular flexibility index (Phi) is 10.4. The Balaban J connectivity index is 1.40. The van der Waals surface area contributed by atoms with Gasteiger partial charge < -0.3 is 23.7 Å². The van der Waals surface area contributed by atoms with Crippen molar-refractivity contribution in [3.63, 3.8) is 0 Å². The molecular formula is C19H25N3O15. The zero-order valence-electron chi connectivity index (χ0n) is 19.1. The van der Waals surface area contributed by atoms with Gasteiger partial charge in [-0.3, -0.25) is 35.7 Å². The fraction of sp³-hybridized carbons (Fsp3) is 0.579. The molecule has 2 heterocycles. The molecule has 3 rings (SSSR count). The number of esters is 1. The molecule has 2 fully saturated rings. The fourth-order valence-electron chi connectivity index (χ4n) is 3.66. The molecule has 5 atom stereocenters. The van der Waals surface area contributed by atoms with Gasteiger partial charge in [-0.2, -0.15) is 0 Å². The summed E-state index contributed by atoms with van der Waals surface area (Å²) in [4.78, 5) is 43.4. The number of fused-ring (bicyclic) bond motifs is 1. The van der Waals surface area contributed by atoms with Crippen molar-refractivity contribution in [1.29, 1.82) is 0 Å². The number of nitro benzene ring substituents is 1. The van der Waals surface area contributed by atoms with Gasteiger partial charge in [-0.1, -0.05) is 0 Å². The monoisotopic (exact) mass is 535 g/mol. The highest BCUT2D eigenvalue weighted by Crippen LogP contribution is 2.31. The maximum atomic E-state index is 12.2. The molecule has 18 nitrogen and oxygen atoms in total. The number of non-ortho nitro benzene ring substituents is 1. The number of carbonyl (C=O) groups is 2. The molecule has 37 heavy (non-hydrogen) atoms. The van der Waals surface area contributed by atoms with E-state index in [9.17, 15) is 19.7 Å². The van der Waals surface area contributed by atoms with Crippen molar-refractivity contribution in [2.24, 2.45) is 0 Å². The van der Waals surface area contributed by atoms with Crippen molar-refractivity contribution in [2.45, 2.75) is 49.8 Å². The third-order valence-electron chi connectivity index (χ3n) is 5.27. The zero-order chi connectivity index (χ0) is 26.9. The fourth-order valence-corrected chi connectivity index (χ4v) is 3.66. The van der Waals surface area contributed by atoms with E-state index in [1.165, 1.54) is 24.3 Å². The first kappa shape index (κ1) is 28.5. The summed E-state index contributed by atoms with van der Waals surface area (Å²) >= 11 is 0. The van der Waals surface area contributed by atoms with E-state index in [1.54, 1.807) is 0 Å². The smallest absolute Gasteiger partial charge is 0.457 e. The SMILES string of the molecule is O=C(CCC[C@H](CON(O)O)ON(O)O)O[C@H]1CO[C@H]2[C@@H]1OC[C@@H]2OC(=O)Oc1ccc([N+](=O)[O-])cc1. The highest BCUT2D eigenvalue weighted by molar-refractivity contribution is 5.69. The van der Waals surface area contributed by atoms with Crippen molar-refractivity contribution >= 4 is 17.8 Å². The third kappa shape index (κ3) is 8.79. The number of rotatable bonds is 13. The Morgan fingerprint density at radius 2 is 1.65 bits per heavy atom. The Morgan fingerprint density at radius 3 is 2.22 bits per heavy atom. The van der Waals surface area contributed by atoms with E-state index in [-0.39, 0.29) is 43.9 Å². The van der Waals surface area contributed by atoms with Crippen LogP contribution in [-0.2, 0) is 33.4 Å². The van der Waals surface area contributed by atoms with Crippen molar-refractivity contribution in [1.82, 2.24) is 10.8 Å². The molecular weight excluding hydrogens is 510 g/mol. The number of ether oxygens (including phenoxy) is 5. The number of hydrogen-bond donors (Lipinski definition) is 4. The van der Waals surface area contributed by atoms with Crippen LogP contribution >= 0.6 is 0 Å². The standard InChI is InChI=1S/C19H25N3O15/c23-16(3-1-2-13(37-22(29)30)8-33-21(27)28)35-14-9-31-18-15(10-32-17(14)18)36-19(24)34-12-6-4-11(5-7-12)20(25)26/h4-7,13-15,17-18,27-30H,1-3,8-10H2/t13-,14+,15+,17-,18-/m1/s1. The molecule has 4 N–H and O–H groups in total. The lowest BCUT2D eigenvalue weighted by molar-refractivity contribution is -0.527. The van der Waals surface area contributed by atoms with Gasteiger partial charge in [0.15, 0.2) is 12.2 Å². The summed E-state index contributed by atoms with van der Waals surface area (Å²) in [5, 5.41) is 44.2. The predicted octanol–water partition coefficient (Wildman–Crippen LogP) is 0.751. The Morgan fingerprint density at radius 1 is 1.03 bits per heavy atom. The molecule has 0 unspecified atom stereocenters. The second kappa shape index (κ2) is 13.5. The molecule has 18 heteroatoms. The molecule has 206 valence electrons. The van der Waals surface area contributed by atoms with Gasteiger partial charge in [-0.25, -0.2) is 14.5 Å². The van der Waals surface area contributed by atoms with Gasteiger partial charge in [0, 0.05) is 18.6 Å². The third-order valence-corrected chi connectivity index (χ3v) is 5.27. The minimum atomic E-state index is -1.07. The van der Waals surface area contributed by atoms with Crippen LogP contribution in [0.3, 0.4) is 0 Å². The highest BCUT2D eigenvalue weighted by Gasteiger charge is 2.51. The van der Waals surface area contributed by atoms with Crippen LogP contribution in [0.25, 0.3) is 0 Å². The van der Waals surface area contributed by atoms with Crippen molar-refractivity contribution < 1.29 is 68.7 Å². The van der Waals surface area contributed by atoms with E-state index in [0.29, 0.717) is 0 Å². The van der Waals surface area contributed by atoms with E-state index in [0.717, 1.165) is 0 Å². The van der Waals surface area contributed by atoms with E-state index in [4.69, 9.17) is 44.5 Å². The first-order valence-electron chi connectivity index (χ1n) is 10.8. The molecule has 1 aromatic carbocycles. The van der Waals surface area contributed by atoms with Crippen LogP contribution in [0.2, 0.25) is 0 Å². The average molecular weight is 535 g/mol. The molecule has 0 amide bonds. The second-order valence-corrected chi connectivity index (χ2v) is 7.80. The van der Waals surface area contributed by atoms with Gasteiger partial charge in [0.25, 0.3) is 5.69 Å². The summed E-state index contributed by atoms with van der Waals surface area (Å²) in [7, 11) is 0. The lowest BCUT2D eigenvalue weighted by atomic mass is 10.1. The van der Waals surface area contributed by atoms with E-state index >= 15 is 0 Å². The summed E-state index contributed by atoms with van der Waals surface area (Å²) < 4.78 is 26.8. The van der Waals surface area contributed by atoms with E-state index in [2.05, 4.69) is 9.68 Å². The molecule has 0 spiro atoms. The summed E-state index contributed by atoms with van der Waals surface area (Å²) in [6.07, 6.45) is -5.01. The molecule has 2 aliphatic heterocycles. The Bertz CT molecular complexity index is 914. The van der Waals surface area contributed by atoms with Crippen LogP contribution in [0.15, 0.2) is 24.3 Å². The Labute approximate surface area is 207 Å². The summed E-state index contributed by atoms with van der Waals surface area (Å²) in [5.74, 6) is -0.574. The van der Waals surface area contributed by atoms with Crippen molar-refractivity contribution in [2.75, 3.05) is 19.8 Å². The largest absolute Gasteiger partial charge is 0.514 e. The molecule has 2 aliphatic rings. The molecule has 2 saturated heterocycles. The number of hydrogen-bond acceptors (Lipinski definition) is 17. The highest BCUT2D eigenvalue weighted by atomic mass is 17.1. The molecule has 0 aliphatic carbocycles. The first-order chi connectivity index (χ1) is 17.6. The Hall–Kier alpha value is -3.04. The molecule has 0 saturated carbocycles. The maximum Gasteiger partial charge on any atom is 0.514 e. The molecule has 0 radical (unpaired) electrons. The second-order valence-electron chi connectivity index (χ2n) is 7.80. The van der Waals surface area contributed by atoms with Gasteiger partial charge in [-0.05, 0) is 25.0 Å². The summed E-state index contributed by atoms with van der Waals surface area (Å²) in [5.41, 5.74) is -0.170. The average Bonchev–Trinajstić information content (AvgIpc) is 3.40. The van der Waals surface area contributed by atoms with Crippen LogP contribution in [0.1, 0.15) is 19.3 Å². The maximum absolute atomic E-state index is 12.2. The number of benzene rings is 1. The molecule has 0 aromatic heterocycles. The predicted molar refractivity (Wildman–Crippen MR) is 109 cm³/mol. The van der Waals surface area contributed by atoms with Gasteiger partial charge in [-0.15, -0.1) is 0 Å².